The van der Waals surface area contributed by atoms with Crippen molar-refractivity contribution in [3.05, 3.63) is 35.4 Å². The molecule has 0 saturated heterocycles. The quantitative estimate of drug-likeness (QED) is 0.622. The second kappa shape index (κ2) is 4.35. The van der Waals surface area contributed by atoms with Crippen LogP contribution in [-0.2, 0) is 9.53 Å². The monoisotopic (exact) mass is 268 g/mol. The van der Waals surface area contributed by atoms with Gasteiger partial charge in [0.25, 0.3) is 0 Å². The lowest BCUT2D eigenvalue weighted by atomic mass is 9.76. The fourth-order valence-corrected chi connectivity index (χ4v) is 2.98. The van der Waals surface area contributed by atoms with E-state index in [0.29, 0.717) is 17.4 Å². The first kappa shape index (κ1) is 10.7. The van der Waals surface area contributed by atoms with E-state index in [1.54, 1.807) is 0 Å². The van der Waals surface area contributed by atoms with Crippen molar-refractivity contribution in [1.82, 2.24) is 0 Å². The summed E-state index contributed by atoms with van der Waals surface area (Å²) in [6.07, 6.45) is 0.895. The number of esters is 1. The Hall–Kier alpha value is -0.830. The van der Waals surface area contributed by atoms with Gasteiger partial charge in [0.15, 0.2) is 0 Å². The summed E-state index contributed by atoms with van der Waals surface area (Å²) < 4.78 is 4.95. The van der Waals surface area contributed by atoms with E-state index in [4.69, 9.17) is 4.74 Å². The Kier molecular flexibility index (Phi) is 3.10. The standard InChI is InChI=1S/C12H13BrO2/c1-8(14)15-7-6-11-9-4-2-3-5-10(9)12(11)13/h2-5,11-12H,6-7H2,1H3/t11-,12-/m0/s1. The highest BCUT2D eigenvalue weighted by Gasteiger charge is 2.34. The molecule has 0 bridgehead atoms. The van der Waals surface area contributed by atoms with Crippen molar-refractivity contribution < 1.29 is 9.53 Å². The van der Waals surface area contributed by atoms with Crippen LogP contribution in [0.4, 0.5) is 0 Å². The zero-order valence-electron chi connectivity index (χ0n) is 8.57. The van der Waals surface area contributed by atoms with E-state index < -0.39 is 0 Å². The third kappa shape index (κ3) is 2.07. The maximum Gasteiger partial charge on any atom is 0.302 e. The molecule has 0 aliphatic heterocycles. The van der Waals surface area contributed by atoms with E-state index in [1.165, 1.54) is 18.1 Å². The van der Waals surface area contributed by atoms with Gasteiger partial charge in [-0.05, 0) is 17.5 Å². The van der Waals surface area contributed by atoms with Crippen molar-refractivity contribution in [2.24, 2.45) is 0 Å². The Morgan fingerprint density at radius 1 is 1.40 bits per heavy atom. The number of halogens is 1. The van der Waals surface area contributed by atoms with Crippen molar-refractivity contribution in [3.8, 4) is 0 Å². The van der Waals surface area contributed by atoms with Crippen LogP contribution in [0, 0.1) is 0 Å². The molecule has 15 heavy (non-hydrogen) atoms. The van der Waals surface area contributed by atoms with E-state index in [9.17, 15) is 4.79 Å². The Morgan fingerprint density at radius 3 is 2.73 bits per heavy atom. The lowest BCUT2D eigenvalue weighted by Gasteiger charge is -2.35. The van der Waals surface area contributed by atoms with Gasteiger partial charge in [-0.15, -0.1) is 0 Å². The van der Waals surface area contributed by atoms with Crippen LogP contribution in [0.2, 0.25) is 0 Å². The number of benzene rings is 1. The average Bonchev–Trinajstić information content (AvgIpc) is 2.23. The van der Waals surface area contributed by atoms with E-state index >= 15 is 0 Å². The summed E-state index contributed by atoms with van der Waals surface area (Å²) in [5.41, 5.74) is 2.75. The van der Waals surface area contributed by atoms with Crippen molar-refractivity contribution in [2.45, 2.75) is 24.1 Å². The number of ether oxygens (including phenoxy) is 1. The van der Waals surface area contributed by atoms with Crippen LogP contribution in [0.25, 0.3) is 0 Å². The zero-order chi connectivity index (χ0) is 10.8. The third-order valence-electron chi connectivity index (χ3n) is 2.78. The molecule has 2 atom stereocenters. The summed E-state index contributed by atoms with van der Waals surface area (Å²) in [5, 5.41) is 0. The van der Waals surface area contributed by atoms with Gasteiger partial charge in [0.2, 0.25) is 0 Å². The predicted octanol–water partition coefficient (Wildman–Crippen LogP) is 3.17. The molecule has 1 aliphatic carbocycles. The van der Waals surface area contributed by atoms with Crippen LogP contribution in [0.3, 0.4) is 0 Å². The average molecular weight is 269 g/mol. The highest BCUT2D eigenvalue weighted by Crippen LogP contribution is 2.51. The van der Waals surface area contributed by atoms with Crippen molar-refractivity contribution in [1.29, 1.82) is 0 Å². The van der Waals surface area contributed by atoms with E-state index in [2.05, 4.69) is 40.2 Å². The molecule has 0 aromatic heterocycles. The van der Waals surface area contributed by atoms with Crippen LogP contribution in [-0.4, -0.2) is 12.6 Å². The van der Waals surface area contributed by atoms with Gasteiger partial charge in [-0.3, -0.25) is 4.79 Å². The summed E-state index contributed by atoms with van der Waals surface area (Å²) in [5.74, 6) is 0.286. The molecule has 2 nitrogen and oxygen atoms in total. The number of rotatable bonds is 3. The van der Waals surface area contributed by atoms with Gasteiger partial charge in [0.1, 0.15) is 0 Å². The number of fused-ring (bicyclic) bond motifs is 1. The summed E-state index contributed by atoms with van der Waals surface area (Å²) >= 11 is 3.65. The van der Waals surface area contributed by atoms with Crippen LogP contribution in [0.5, 0.6) is 0 Å². The molecule has 0 heterocycles. The molecule has 1 aliphatic rings. The van der Waals surface area contributed by atoms with Crippen LogP contribution in [0.15, 0.2) is 24.3 Å². The molecule has 1 aromatic rings. The first-order valence-electron chi connectivity index (χ1n) is 5.06. The molecule has 3 heteroatoms. The topological polar surface area (TPSA) is 26.3 Å². The summed E-state index contributed by atoms with van der Waals surface area (Å²) in [6, 6.07) is 8.38. The highest BCUT2D eigenvalue weighted by molar-refractivity contribution is 9.09. The van der Waals surface area contributed by atoms with Gasteiger partial charge in [-0.25, -0.2) is 0 Å². The second-order valence-corrected chi connectivity index (χ2v) is 4.75. The summed E-state index contributed by atoms with van der Waals surface area (Å²) in [7, 11) is 0. The maximum atomic E-state index is 10.6. The van der Waals surface area contributed by atoms with Crippen LogP contribution >= 0.6 is 15.9 Å². The third-order valence-corrected chi connectivity index (χ3v) is 3.91. The van der Waals surface area contributed by atoms with E-state index in [0.717, 1.165) is 6.42 Å². The Balaban J connectivity index is 1.94. The lowest BCUT2D eigenvalue weighted by molar-refractivity contribution is -0.141. The fraction of sp³-hybridized carbons (Fsp3) is 0.417. The molecule has 0 saturated carbocycles. The molecule has 0 N–H and O–H groups in total. The summed E-state index contributed by atoms with van der Waals surface area (Å²) in [6.45, 7) is 1.96. The highest BCUT2D eigenvalue weighted by atomic mass is 79.9. The predicted molar refractivity (Wildman–Crippen MR) is 62.1 cm³/mol. The minimum atomic E-state index is -0.200. The van der Waals surface area contributed by atoms with Crippen LogP contribution in [0.1, 0.15) is 35.2 Å². The SMILES string of the molecule is CC(=O)OCC[C@H]1c2ccccc2[C@@H]1Br. The van der Waals surface area contributed by atoms with Gasteiger partial charge >= 0.3 is 5.97 Å². The molecule has 0 spiro atoms. The number of carbonyl (C=O) groups is 1. The number of hydrogen-bond acceptors (Lipinski definition) is 2. The van der Waals surface area contributed by atoms with Crippen molar-refractivity contribution >= 4 is 21.9 Å². The zero-order valence-corrected chi connectivity index (χ0v) is 10.2. The maximum absolute atomic E-state index is 10.6. The normalized spacial score (nSPS) is 22.8. The molecule has 2 rings (SSSR count). The second-order valence-electron chi connectivity index (χ2n) is 3.77. The molecule has 0 amide bonds. The van der Waals surface area contributed by atoms with Gasteiger partial charge in [-0.2, -0.15) is 0 Å². The number of carbonyl (C=O) groups excluding carboxylic acids is 1. The lowest BCUT2D eigenvalue weighted by Crippen LogP contribution is -2.21. The minimum Gasteiger partial charge on any atom is -0.466 e. The number of alkyl halides is 1. The van der Waals surface area contributed by atoms with E-state index in [1.807, 2.05) is 0 Å². The van der Waals surface area contributed by atoms with Crippen LogP contribution < -0.4 is 0 Å². The fourth-order valence-electron chi connectivity index (χ4n) is 2.01. The largest absolute Gasteiger partial charge is 0.466 e. The molecule has 80 valence electrons. The smallest absolute Gasteiger partial charge is 0.302 e. The molecular weight excluding hydrogens is 256 g/mol. The molecule has 0 fully saturated rings. The minimum absolute atomic E-state index is 0.200. The van der Waals surface area contributed by atoms with Gasteiger partial charge in [0.05, 0.1) is 6.61 Å². The van der Waals surface area contributed by atoms with Gasteiger partial charge < -0.3 is 4.74 Å². The molecule has 1 aromatic carbocycles. The molecule has 0 unspecified atom stereocenters. The Bertz CT molecular complexity index is 376. The van der Waals surface area contributed by atoms with Gasteiger partial charge in [-0.1, -0.05) is 40.2 Å². The molecule has 0 radical (unpaired) electrons. The van der Waals surface area contributed by atoms with E-state index in [-0.39, 0.29) is 5.97 Å². The summed E-state index contributed by atoms with van der Waals surface area (Å²) in [4.78, 5) is 11.0. The first-order valence-corrected chi connectivity index (χ1v) is 5.98. The van der Waals surface area contributed by atoms with Crippen molar-refractivity contribution in [3.63, 3.8) is 0 Å². The molecular formula is C12H13BrO2. The Morgan fingerprint density at radius 2 is 2.07 bits per heavy atom. The first-order chi connectivity index (χ1) is 7.20. The Labute approximate surface area is 97.8 Å². The number of hydrogen-bond donors (Lipinski definition) is 0. The van der Waals surface area contributed by atoms with Crippen molar-refractivity contribution in [2.75, 3.05) is 6.61 Å². The van der Waals surface area contributed by atoms with Gasteiger partial charge in [0, 0.05) is 17.7 Å².